The van der Waals surface area contributed by atoms with Gasteiger partial charge in [0, 0.05) is 20.3 Å². The molecule has 1 rings (SSSR count). The van der Waals surface area contributed by atoms with E-state index >= 15 is 0 Å². The van der Waals surface area contributed by atoms with Gasteiger partial charge < -0.3 is 15.2 Å². The van der Waals surface area contributed by atoms with Crippen LogP contribution in [0.25, 0.3) is 0 Å². The third kappa shape index (κ3) is 3.32. The number of carbonyl (C=O) groups is 2. The van der Waals surface area contributed by atoms with E-state index in [0.29, 0.717) is 25.9 Å². The van der Waals surface area contributed by atoms with Crippen LogP contribution >= 0.6 is 0 Å². The van der Waals surface area contributed by atoms with Crippen molar-refractivity contribution in [1.82, 2.24) is 5.32 Å². The zero-order valence-corrected chi connectivity index (χ0v) is 12.8. The van der Waals surface area contributed by atoms with Gasteiger partial charge in [-0.3, -0.25) is 9.59 Å². The SMILES string of the molecule is CCC(CC)(CNC(=O)C1(CCOC)CCC1)C(=O)O. The molecule has 0 spiro atoms. The molecule has 0 aromatic heterocycles. The molecule has 0 aromatic rings. The summed E-state index contributed by atoms with van der Waals surface area (Å²) in [5, 5.41) is 12.3. The molecule has 20 heavy (non-hydrogen) atoms. The van der Waals surface area contributed by atoms with Crippen LogP contribution in [-0.2, 0) is 14.3 Å². The van der Waals surface area contributed by atoms with Crippen molar-refractivity contribution in [3.63, 3.8) is 0 Å². The van der Waals surface area contributed by atoms with E-state index in [1.165, 1.54) is 0 Å². The minimum atomic E-state index is -0.845. The van der Waals surface area contributed by atoms with Crippen LogP contribution in [-0.4, -0.2) is 37.2 Å². The van der Waals surface area contributed by atoms with E-state index < -0.39 is 11.4 Å². The molecule has 5 nitrogen and oxygen atoms in total. The summed E-state index contributed by atoms with van der Waals surface area (Å²) in [4.78, 5) is 23.8. The highest BCUT2D eigenvalue weighted by molar-refractivity contribution is 5.84. The molecule has 1 amide bonds. The van der Waals surface area contributed by atoms with Crippen LogP contribution in [0, 0.1) is 10.8 Å². The van der Waals surface area contributed by atoms with Crippen LogP contribution in [0.15, 0.2) is 0 Å². The summed E-state index contributed by atoms with van der Waals surface area (Å²) in [5.41, 5.74) is -1.18. The number of carboxylic acid groups (broad SMARTS) is 1. The van der Waals surface area contributed by atoms with E-state index in [-0.39, 0.29) is 17.9 Å². The van der Waals surface area contributed by atoms with Gasteiger partial charge in [-0.15, -0.1) is 0 Å². The zero-order valence-electron chi connectivity index (χ0n) is 12.8. The summed E-state index contributed by atoms with van der Waals surface area (Å²) in [6, 6.07) is 0. The van der Waals surface area contributed by atoms with Crippen molar-refractivity contribution in [1.29, 1.82) is 0 Å². The van der Waals surface area contributed by atoms with E-state index in [1.54, 1.807) is 7.11 Å². The average molecular weight is 285 g/mol. The second kappa shape index (κ2) is 7.07. The number of nitrogens with one attached hydrogen (secondary N) is 1. The average Bonchev–Trinajstić information content (AvgIpc) is 2.39. The second-order valence-electron chi connectivity index (χ2n) is 5.85. The Hall–Kier alpha value is -1.10. The van der Waals surface area contributed by atoms with Gasteiger partial charge in [-0.2, -0.15) is 0 Å². The summed E-state index contributed by atoms with van der Waals surface area (Å²) in [7, 11) is 1.63. The second-order valence-corrected chi connectivity index (χ2v) is 5.85. The molecule has 2 N–H and O–H groups in total. The number of rotatable bonds is 9. The Kier molecular flexibility index (Phi) is 5.99. The number of hydrogen-bond donors (Lipinski definition) is 2. The molecule has 0 radical (unpaired) electrons. The Labute approximate surface area is 121 Å². The lowest BCUT2D eigenvalue weighted by atomic mass is 9.66. The maximum Gasteiger partial charge on any atom is 0.311 e. The molecule has 0 bridgehead atoms. The fraction of sp³-hybridized carbons (Fsp3) is 0.867. The van der Waals surface area contributed by atoms with Gasteiger partial charge in [0.05, 0.1) is 10.8 Å². The lowest BCUT2D eigenvalue weighted by molar-refractivity contribution is -0.150. The number of aliphatic carboxylic acids is 1. The summed E-state index contributed by atoms with van der Waals surface area (Å²) >= 11 is 0. The maximum atomic E-state index is 12.4. The van der Waals surface area contributed by atoms with Gasteiger partial charge >= 0.3 is 5.97 Å². The standard InChI is InChI=1S/C15H27NO4/c1-4-14(5-2,13(18)19)11-16-12(17)15(7-6-8-15)9-10-20-3/h4-11H2,1-3H3,(H,16,17)(H,18,19). The van der Waals surface area contributed by atoms with Gasteiger partial charge in [0.25, 0.3) is 0 Å². The molecule has 5 heteroatoms. The highest BCUT2D eigenvalue weighted by Crippen LogP contribution is 2.44. The van der Waals surface area contributed by atoms with Gasteiger partial charge in [0.15, 0.2) is 0 Å². The lowest BCUT2D eigenvalue weighted by Crippen LogP contribution is -2.50. The fourth-order valence-corrected chi connectivity index (χ4v) is 2.81. The Morgan fingerprint density at radius 1 is 1.30 bits per heavy atom. The quantitative estimate of drug-likeness (QED) is 0.681. The monoisotopic (exact) mass is 285 g/mol. The highest BCUT2D eigenvalue weighted by atomic mass is 16.5. The molecular weight excluding hydrogens is 258 g/mol. The molecular formula is C15H27NO4. The first-order valence-electron chi connectivity index (χ1n) is 7.47. The van der Waals surface area contributed by atoms with E-state index in [0.717, 1.165) is 19.3 Å². The number of methoxy groups -OCH3 is 1. The third-order valence-electron chi connectivity index (χ3n) is 4.97. The molecule has 1 aliphatic carbocycles. The number of ether oxygens (including phenoxy) is 1. The van der Waals surface area contributed by atoms with Crippen molar-refractivity contribution in [3.8, 4) is 0 Å². The molecule has 0 aliphatic heterocycles. The van der Waals surface area contributed by atoms with Crippen molar-refractivity contribution in [3.05, 3.63) is 0 Å². The molecule has 1 aliphatic rings. The van der Waals surface area contributed by atoms with E-state index in [1.807, 2.05) is 13.8 Å². The molecule has 1 fully saturated rings. The Balaban J connectivity index is 2.63. The van der Waals surface area contributed by atoms with Crippen molar-refractivity contribution >= 4 is 11.9 Å². The molecule has 0 saturated heterocycles. The van der Waals surface area contributed by atoms with Gasteiger partial charge in [-0.05, 0) is 32.1 Å². The number of amides is 1. The lowest BCUT2D eigenvalue weighted by Gasteiger charge is -2.41. The van der Waals surface area contributed by atoms with Crippen LogP contribution < -0.4 is 5.32 Å². The fourth-order valence-electron chi connectivity index (χ4n) is 2.81. The Morgan fingerprint density at radius 2 is 1.90 bits per heavy atom. The van der Waals surface area contributed by atoms with Crippen LogP contribution in [0.5, 0.6) is 0 Å². The number of hydrogen-bond acceptors (Lipinski definition) is 3. The first-order chi connectivity index (χ1) is 9.46. The smallest absolute Gasteiger partial charge is 0.311 e. The maximum absolute atomic E-state index is 12.4. The van der Waals surface area contributed by atoms with Crippen molar-refractivity contribution in [2.75, 3.05) is 20.3 Å². The van der Waals surface area contributed by atoms with E-state index in [2.05, 4.69) is 5.32 Å². The molecule has 116 valence electrons. The Morgan fingerprint density at radius 3 is 2.25 bits per heavy atom. The normalized spacial score (nSPS) is 17.4. The van der Waals surface area contributed by atoms with E-state index in [4.69, 9.17) is 4.74 Å². The topological polar surface area (TPSA) is 75.6 Å². The first kappa shape index (κ1) is 17.0. The summed E-state index contributed by atoms with van der Waals surface area (Å²) in [6.45, 7) is 4.49. The summed E-state index contributed by atoms with van der Waals surface area (Å²) < 4.78 is 5.08. The number of carbonyl (C=O) groups excluding carboxylic acids is 1. The highest BCUT2D eigenvalue weighted by Gasteiger charge is 2.44. The molecule has 1 saturated carbocycles. The van der Waals surface area contributed by atoms with Gasteiger partial charge in [0.1, 0.15) is 0 Å². The minimum Gasteiger partial charge on any atom is -0.481 e. The van der Waals surface area contributed by atoms with Crippen molar-refractivity contribution in [2.45, 2.75) is 52.4 Å². The molecule has 0 aromatic carbocycles. The van der Waals surface area contributed by atoms with Gasteiger partial charge in [-0.25, -0.2) is 0 Å². The van der Waals surface area contributed by atoms with E-state index in [9.17, 15) is 14.7 Å². The predicted octanol–water partition coefficient (Wildman–Crippen LogP) is 2.20. The number of carboxylic acids is 1. The van der Waals surface area contributed by atoms with Crippen LogP contribution in [0.4, 0.5) is 0 Å². The van der Waals surface area contributed by atoms with Gasteiger partial charge in [-0.1, -0.05) is 20.3 Å². The third-order valence-corrected chi connectivity index (χ3v) is 4.97. The molecule has 0 atom stereocenters. The minimum absolute atomic E-state index is 0.00618. The summed E-state index contributed by atoms with van der Waals surface area (Å²) in [6.07, 6.45) is 4.56. The van der Waals surface area contributed by atoms with Crippen molar-refractivity contribution in [2.24, 2.45) is 10.8 Å². The Bertz CT molecular complexity index is 346. The molecule has 0 heterocycles. The largest absolute Gasteiger partial charge is 0.481 e. The van der Waals surface area contributed by atoms with Crippen molar-refractivity contribution < 1.29 is 19.4 Å². The van der Waals surface area contributed by atoms with Gasteiger partial charge in [0.2, 0.25) is 5.91 Å². The predicted molar refractivity (Wildman–Crippen MR) is 76.4 cm³/mol. The van der Waals surface area contributed by atoms with Crippen LogP contribution in [0.3, 0.4) is 0 Å². The zero-order chi connectivity index (χ0) is 15.2. The molecule has 0 unspecified atom stereocenters. The summed E-state index contributed by atoms with van der Waals surface area (Å²) in [5.74, 6) is -0.837. The first-order valence-corrected chi connectivity index (χ1v) is 7.47. The van der Waals surface area contributed by atoms with Crippen LogP contribution in [0.1, 0.15) is 52.4 Å². The van der Waals surface area contributed by atoms with Crippen LogP contribution in [0.2, 0.25) is 0 Å².